The van der Waals surface area contributed by atoms with Crippen LogP contribution in [0.5, 0.6) is 0 Å². The molecule has 128 valence electrons. The van der Waals surface area contributed by atoms with Crippen molar-refractivity contribution in [2.45, 2.75) is 58.5 Å². The number of rotatable bonds is 12. The minimum absolute atomic E-state index is 0.0606. The van der Waals surface area contributed by atoms with Crippen molar-refractivity contribution in [3.8, 4) is 0 Å². The first-order valence-corrected chi connectivity index (χ1v) is 8.82. The van der Waals surface area contributed by atoms with Gasteiger partial charge in [0.1, 0.15) is 12.5 Å². The van der Waals surface area contributed by atoms with E-state index in [0.717, 1.165) is 0 Å². The molecule has 0 amide bonds. The van der Waals surface area contributed by atoms with Crippen molar-refractivity contribution in [3.63, 3.8) is 0 Å². The third kappa shape index (κ3) is 9.58. The summed E-state index contributed by atoms with van der Waals surface area (Å²) in [6.45, 7) is 6.90. The van der Waals surface area contributed by atoms with E-state index >= 15 is 0 Å². The first-order valence-electron chi connectivity index (χ1n) is 7.09. The average Bonchev–Trinajstić information content (AvgIpc) is 2.32. The van der Waals surface area contributed by atoms with Crippen LogP contribution in [-0.2, 0) is 23.1 Å². The summed E-state index contributed by atoms with van der Waals surface area (Å²) in [4.78, 5) is 0. The number of ether oxygens (including phenoxy) is 2. The van der Waals surface area contributed by atoms with Gasteiger partial charge in [-0.2, -0.15) is 0 Å². The van der Waals surface area contributed by atoms with Gasteiger partial charge in [-0.15, -0.1) is 0 Å². The first-order chi connectivity index (χ1) is 9.74. The van der Waals surface area contributed by atoms with Crippen molar-refractivity contribution in [1.29, 1.82) is 0 Å². The van der Waals surface area contributed by atoms with Gasteiger partial charge >= 0.3 is 7.60 Å². The second-order valence-electron chi connectivity index (χ2n) is 5.29. The first kappa shape index (κ1) is 21.0. The lowest BCUT2D eigenvalue weighted by Crippen LogP contribution is -2.34. The van der Waals surface area contributed by atoms with Gasteiger partial charge in [-0.3, -0.25) is 4.57 Å². The molecule has 7 nitrogen and oxygen atoms in total. The molecule has 8 heteroatoms. The van der Waals surface area contributed by atoms with Crippen molar-refractivity contribution in [2.75, 3.05) is 26.7 Å². The summed E-state index contributed by atoms with van der Waals surface area (Å²) in [5.74, 6) is 0. The van der Waals surface area contributed by atoms with Crippen LogP contribution >= 0.6 is 7.60 Å². The van der Waals surface area contributed by atoms with Gasteiger partial charge in [-0.05, 0) is 34.1 Å². The van der Waals surface area contributed by atoms with Crippen LogP contribution in [0, 0.1) is 0 Å². The zero-order valence-corrected chi connectivity index (χ0v) is 14.4. The Hall–Kier alpha value is -0.0100. The third-order valence-corrected chi connectivity index (χ3v) is 4.32. The molecule has 1 unspecified atom stereocenters. The summed E-state index contributed by atoms with van der Waals surface area (Å²) < 4.78 is 33.6. The Morgan fingerprint density at radius 3 is 2.00 bits per heavy atom. The second-order valence-corrected chi connectivity index (χ2v) is 7.19. The highest BCUT2D eigenvalue weighted by atomic mass is 31.2. The van der Waals surface area contributed by atoms with Crippen molar-refractivity contribution in [3.05, 3.63) is 0 Å². The van der Waals surface area contributed by atoms with Crippen molar-refractivity contribution in [1.82, 2.24) is 0 Å². The molecule has 0 aliphatic rings. The lowest BCUT2D eigenvalue weighted by molar-refractivity contribution is -0.0657. The predicted molar refractivity (Wildman–Crippen MR) is 79.4 cm³/mol. The Bertz CT molecular complexity index is 295. The van der Waals surface area contributed by atoms with Crippen LogP contribution in [0.3, 0.4) is 0 Å². The number of hydrogen-bond acceptors (Lipinski definition) is 7. The molecule has 21 heavy (non-hydrogen) atoms. The molecule has 0 saturated heterocycles. The summed E-state index contributed by atoms with van der Waals surface area (Å²) in [6, 6.07) is 0. The largest absolute Gasteiger partial charge is 0.396 e. The van der Waals surface area contributed by atoms with E-state index in [0.29, 0.717) is 0 Å². The predicted octanol–water partition coefficient (Wildman–Crippen LogP) is 1.76. The maximum Gasteiger partial charge on any atom is 0.356 e. The Labute approximate surface area is 127 Å². The van der Waals surface area contributed by atoms with Gasteiger partial charge < -0.3 is 28.7 Å². The SMILES string of the molecule is COC[C@H](O)C(CCO)OCP(=O)(OC(C)C)OC(C)C. The summed E-state index contributed by atoms with van der Waals surface area (Å²) in [5, 5.41) is 18.9. The highest BCUT2D eigenvalue weighted by Crippen LogP contribution is 2.50. The quantitative estimate of drug-likeness (QED) is 0.527. The van der Waals surface area contributed by atoms with Crippen LogP contribution in [0.2, 0.25) is 0 Å². The number of methoxy groups -OCH3 is 1. The van der Waals surface area contributed by atoms with E-state index in [2.05, 4.69) is 0 Å². The Morgan fingerprint density at radius 1 is 1.10 bits per heavy atom. The summed E-state index contributed by atoms with van der Waals surface area (Å²) in [5.41, 5.74) is 0. The molecule has 0 bridgehead atoms. The number of aliphatic hydroxyl groups is 2. The Morgan fingerprint density at radius 2 is 1.62 bits per heavy atom. The second kappa shape index (κ2) is 10.7. The molecule has 0 rings (SSSR count). The average molecular weight is 328 g/mol. The van der Waals surface area contributed by atoms with E-state index in [1.165, 1.54) is 7.11 Å². The van der Waals surface area contributed by atoms with Gasteiger partial charge in [0.05, 0.1) is 24.9 Å². The van der Waals surface area contributed by atoms with Gasteiger partial charge in [-0.1, -0.05) is 0 Å². The summed E-state index contributed by atoms with van der Waals surface area (Å²) >= 11 is 0. The van der Waals surface area contributed by atoms with Gasteiger partial charge in [0, 0.05) is 13.7 Å². The third-order valence-electron chi connectivity index (χ3n) is 2.37. The molecule has 0 saturated carbocycles. The fourth-order valence-electron chi connectivity index (χ4n) is 1.71. The highest BCUT2D eigenvalue weighted by Gasteiger charge is 2.31. The zero-order valence-electron chi connectivity index (χ0n) is 13.5. The van der Waals surface area contributed by atoms with Gasteiger partial charge in [0.25, 0.3) is 0 Å². The van der Waals surface area contributed by atoms with Crippen LogP contribution < -0.4 is 0 Å². The fourth-order valence-corrected chi connectivity index (χ4v) is 3.54. The van der Waals surface area contributed by atoms with Crippen molar-refractivity contribution in [2.24, 2.45) is 0 Å². The minimum Gasteiger partial charge on any atom is -0.396 e. The maximum absolute atomic E-state index is 12.6. The van der Waals surface area contributed by atoms with Crippen LogP contribution in [0.4, 0.5) is 0 Å². The molecule has 0 aliphatic carbocycles. The molecule has 0 aromatic heterocycles. The fraction of sp³-hybridized carbons (Fsp3) is 1.00. The summed E-state index contributed by atoms with van der Waals surface area (Å²) in [7, 11) is -1.97. The highest BCUT2D eigenvalue weighted by molar-refractivity contribution is 7.53. The lowest BCUT2D eigenvalue weighted by atomic mass is 10.1. The van der Waals surface area contributed by atoms with Crippen LogP contribution in [0.15, 0.2) is 0 Å². The van der Waals surface area contributed by atoms with E-state index in [9.17, 15) is 9.67 Å². The molecule has 0 radical (unpaired) electrons. The molecule has 0 heterocycles. The zero-order chi connectivity index (χ0) is 16.5. The topological polar surface area (TPSA) is 94.5 Å². The van der Waals surface area contributed by atoms with Crippen LogP contribution in [0.25, 0.3) is 0 Å². The molecule has 0 spiro atoms. The minimum atomic E-state index is -3.42. The number of hydrogen-bond donors (Lipinski definition) is 2. The van der Waals surface area contributed by atoms with E-state index in [4.69, 9.17) is 23.6 Å². The molecule has 2 N–H and O–H groups in total. The van der Waals surface area contributed by atoms with Crippen LogP contribution in [0.1, 0.15) is 34.1 Å². The Balaban J connectivity index is 4.70. The lowest BCUT2D eigenvalue weighted by Gasteiger charge is -2.27. The van der Waals surface area contributed by atoms with E-state index < -0.39 is 19.8 Å². The van der Waals surface area contributed by atoms with Gasteiger partial charge in [0.15, 0.2) is 0 Å². The van der Waals surface area contributed by atoms with Crippen molar-refractivity contribution < 1.29 is 33.3 Å². The van der Waals surface area contributed by atoms with E-state index in [-0.39, 0.29) is 38.2 Å². The van der Waals surface area contributed by atoms with E-state index in [1.54, 1.807) is 27.7 Å². The van der Waals surface area contributed by atoms with Crippen LogP contribution in [-0.4, -0.2) is 61.3 Å². The van der Waals surface area contributed by atoms with Gasteiger partial charge in [0.2, 0.25) is 0 Å². The summed E-state index contributed by atoms with van der Waals surface area (Å²) in [6.07, 6.45) is -2.26. The molecule has 0 aromatic rings. The molecule has 0 aliphatic heterocycles. The smallest absolute Gasteiger partial charge is 0.356 e. The normalized spacial score (nSPS) is 15.7. The molecule has 2 atom stereocenters. The number of aliphatic hydroxyl groups excluding tert-OH is 2. The Kier molecular flexibility index (Phi) is 10.7. The van der Waals surface area contributed by atoms with Gasteiger partial charge in [-0.25, -0.2) is 0 Å². The molecule has 0 fully saturated rings. The molecule has 0 aromatic carbocycles. The monoisotopic (exact) mass is 328 g/mol. The molecular formula is C13H29O7P. The molecular weight excluding hydrogens is 299 g/mol. The maximum atomic E-state index is 12.6. The van der Waals surface area contributed by atoms with Crippen molar-refractivity contribution >= 4 is 7.60 Å². The van der Waals surface area contributed by atoms with E-state index in [1.807, 2.05) is 0 Å². The standard InChI is InChI=1S/C13H29O7P/c1-10(2)19-21(16,20-11(3)4)9-18-13(6-7-14)12(15)8-17-5/h10-15H,6-9H2,1-5H3/t12-,13?/m0/s1.